The Balaban J connectivity index is 2.52. The lowest BCUT2D eigenvalue weighted by Gasteiger charge is -2.38. The lowest BCUT2D eigenvalue weighted by Crippen LogP contribution is -2.48. The molecule has 0 aromatic heterocycles. The molecule has 0 saturated heterocycles. The fourth-order valence-electron chi connectivity index (χ4n) is 2.49. The van der Waals surface area contributed by atoms with Gasteiger partial charge in [-0.15, -0.1) is 0 Å². The summed E-state index contributed by atoms with van der Waals surface area (Å²) in [5.41, 5.74) is 0.355. The monoisotopic (exact) mass is 240 g/mol. The van der Waals surface area contributed by atoms with Crippen LogP contribution in [0.3, 0.4) is 0 Å². The zero-order valence-corrected chi connectivity index (χ0v) is 12.7. The average Bonchev–Trinajstić information content (AvgIpc) is 2.98. The largest absolute Gasteiger partial charge is 0.314 e. The summed E-state index contributed by atoms with van der Waals surface area (Å²) < 4.78 is 0. The number of hydrogen-bond donors (Lipinski definition) is 1. The molecular weight excluding hydrogens is 208 g/mol. The van der Waals surface area contributed by atoms with Crippen LogP contribution in [0.15, 0.2) is 0 Å². The van der Waals surface area contributed by atoms with E-state index >= 15 is 0 Å². The van der Waals surface area contributed by atoms with Gasteiger partial charge in [-0.1, -0.05) is 34.6 Å². The molecular formula is C15H32N2. The number of rotatable bonds is 8. The molecule has 0 spiro atoms. The van der Waals surface area contributed by atoms with E-state index in [0.717, 1.165) is 18.5 Å². The van der Waals surface area contributed by atoms with Crippen molar-refractivity contribution in [3.05, 3.63) is 0 Å². The van der Waals surface area contributed by atoms with Gasteiger partial charge >= 0.3 is 0 Å². The molecule has 0 aromatic carbocycles. The van der Waals surface area contributed by atoms with Gasteiger partial charge in [-0.2, -0.15) is 0 Å². The molecule has 1 aliphatic carbocycles. The molecule has 0 amide bonds. The zero-order valence-electron chi connectivity index (χ0n) is 12.7. The van der Waals surface area contributed by atoms with Crippen molar-refractivity contribution < 1.29 is 0 Å². The topological polar surface area (TPSA) is 15.3 Å². The molecule has 1 saturated carbocycles. The first-order valence-corrected chi connectivity index (χ1v) is 7.34. The predicted octanol–water partition coefficient (Wildman–Crippen LogP) is 3.13. The zero-order chi connectivity index (χ0) is 13.1. The van der Waals surface area contributed by atoms with Crippen LogP contribution in [-0.4, -0.2) is 36.6 Å². The summed E-state index contributed by atoms with van der Waals surface area (Å²) in [7, 11) is 0. The molecule has 1 aliphatic rings. The van der Waals surface area contributed by atoms with Crippen LogP contribution in [0, 0.1) is 11.3 Å². The van der Waals surface area contributed by atoms with Gasteiger partial charge < -0.3 is 5.32 Å². The molecule has 0 radical (unpaired) electrons. The van der Waals surface area contributed by atoms with Crippen LogP contribution in [0.5, 0.6) is 0 Å². The summed E-state index contributed by atoms with van der Waals surface area (Å²) in [4.78, 5) is 2.72. The van der Waals surface area contributed by atoms with Crippen LogP contribution in [0.1, 0.15) is 54.4 Å². The van der Waals surface area contributed by atoms with Gasteiger partial charge in [0.2, 0.25) is 0 Å². The van der Waals surface area contributed by atoms with E-state index in [1.807, 2.05) is 0 Å². The lowest BCUT2D eigenvalue weighted by atomic mass is 9.84. The quantitative estimate of drug-likeness (QED) is 0.701. The van der Waals surface area contributed by atoms with Crippen LogP contribution >= 0.6 is 0 Å². The molecule has 1 fully saturated rings. The fraction of sp³-hybridized carbons (Fsp3) is 1.00. The Kier molecular flexibility index (Phi) is 5.46. The molecule has 1 atom stereocenters. The van der Waals surface area contributed by atoms with Gasteiger partial charge in [0.15, 0.2) is 0 Å². The molecule has 2 heteroatoms. The highest BCUT2D eigenvalue weighted by molar-refractivity contribution is 4.91. The molecule has 0 aliphatic heterocycles. The summed E-state index contributed by atoms with van der Waals surface area (Å²) >= 11 is 0. The van der Waals surface area contributed by atoms with Gasteiger partial charge in [-0.25, -0.2) is 0 Å². The van der Waals surface area contributed by atoms with Crippen molar-refractivity contribution in [3.63, 3.8) is 0 Å². The molecule has 0 aromatic rings. The standard InChI is InChI=1S/C15H32N2/c1-7-16-13(4)15(5,6)11-17(10-12(2)3)14-8-9-14/h12-14,16H,7-11H2,1-6H3. The third-order valence-electron chi connectivity index (χ3n) is 3.96. The van der Waals surface area contributed by atoms with Crippen LogP contribution in [0.25, 0.3) is 0 Å². The Morgan fingerprint density at radius 1 is 1.24 bits per heavy atom. The third kappa shape index (κ3) is 4.97. The van der Waals surface area contributed by atoms with Crippen molar-refractivity contribution in [1.29, 1.82) is 0 Å². The van der Waals surface area contributed by atoms with E-state index in [2.05, 4.69) is 51.8 Å². The van der Waals surface area contributed by atoms with E-state index in [1.165, 1.54) is 25.9 Å². The SMILES string of the molecule is CCNC(C)C(C)(C)CN(CC(C)C)C1CC1. The van der Waals surface area contributed by atoms with Crippen LogP contribution in [0.4, 0.5) is 0 Å². The Hall–Kier alpha value is -0.0800. The highest BCUT2D eigenvalue weighted by Gasteiger charge is 2.35. The van der Waals surface area contributed by atoms with Crippen molar-refractivity contribution in [2.45, 2.75) is 66.5 Å². The van der Waals surface area contributed by atoms with Crippen molar-refractivity contribution in [3.8, 4) is 0 Å². The Morgan fingerprint density at radius 2 is 1.82 bits per heavy atom. The average molecular weight is 240 g/mol. The fourth-order valence-corrected chi connectivity index (χ4v) is 2.49. The summed E-state index contributed by atoms with van der Waals surface area (Å²) in [6.07, 6.45) is 2.83. The van der Waals surface area contributed by atoms with Crippen molar-refractivity contribution in [2.75, 3.05) is 19.6 Å². The molecule has 102 valence electrons. The minimum absolute atomic E-state index is 0.355. The van der Waals surface area contributed by atoms with Gasteiger partial charge in [0.05, 0.1) is 0 Å². The van der Waals surface area contributed by atoms with Gasteiger partial charge in [-0.05, 0) is 37.6 Å². The van der Waals surface area contributed by atoms with E-state index in [1.54, 1.807) is 0 Å². The Morgan fingerprint density at radius 3 is 2.24 bits per heavy atom. The maximum atomic E-state index is 3.58. The molecule has 0 bridgehead atoms. The molecule has 17 heavy (non-hydrogen) atoms. The molecule has 1 unspecified atom stereocenters. The van der Waals surface area contributed by atoms with Crippen molar-refractivity contribution in [1.82, 2.24) is 10.2 Å². The Labute approximate surface area is 108 Å². The van der Waals surface area contributed by atoms with E-state index < -0.39 is 0 Å². The van der Waals surface area contributed by atoms with Gasteiger partial charge in [-0.3, -0.25) is 4.90 Å². The van der Waals surface area contributed by atoms with Crippen LogP contribution in [0.2, 0.25) is 0 Å². The molecule has 1 rings (SSSR count). The normalized spacial score (nSPS) is 19.1. The number of nitrogens with one attached hydrogen (secondary N) is 1. The summed E-state index contributed by atoms with van der Waals surface area (Å²) in [6, 6.07) is 1.46. The first kappa shape index (κ1) is 15.0. The highest BCUT2D eigenvalue weighted by Crippen LogP contribution is 2.32. The van der Waals surface area contributed by atoms with Gasteiger partial charge in [0.1, 0.15) is 0 Å². The lowest BCUT2D eigenvalue weighted by molar-refractivity contribution is 0.126. The van der Waals surface area contributed by atoms with Gasteiger partial charge in [0.25, 0.3) is 0 Å². The number of hydrogen-bond acceptors (Lipinski definition) is 2. The van der Waals surface area contributed by atoms with Crippen molar-refractivity contribution in [2.24, 2.45) is 11.3 Å². The first-order chi connectivity index (χ1) is 7.86. The van der Waals surface area contributed by atoms with Gasteiger partial charge in [0, 0.05) is 25.2 Å². The second kappa shape index (κ2) is 6.19. The number of nitrogens with zero attached hydrogens (tertiary/aromatic N) is 1. The summed E-state index contributed by atoms with van der Waals surface area (Å²) in [6.45, 7) is 17.5. The Bertz CT molecular complexity index is 219. The second-order valence-electron chi connectivity index (χ2n) is 6.82. The second-order valence-corrected chi connectivity index (χ2v) is 6.82. The maximum Gasteiger partial charge on any atom is 0.0102 e. The summed E-state index contributed by atoms with van der Waals surface area (Å²) in [5.74, 6) is 0.779. The van der Waals surface area contributed by atoms with E-state index in [4.69, 9.17) is 0 Å². The van der Waals surface area contributed by atoms with E-state index in [0.29, 0.717) is 11.5 Å². The van der Waals surface area contributed by atoms with E-state index in [-0.39, 0.29) is 0 Å². The summed E-state index contributed by atoms with van der Waals surface area (Å²) in [5, 5.41) is 3.58. The smallest absolute Gasteiger partial charge is 0.0102 e. The van der Waals surface area contributed by atoms with Crippen LogP contribution in [-0.2, 0) is 0 Å². The predicted molar refractivity (Wildman–Crippen MR) is 76.4 cm³/mol. The molecule has 1 N–H and O–H groups in total. The van der Waals surface area contributed by atoms with E-state index in [9.17, 15) is 0 Å². The maximum absolute atomic E-state index is 3.58. The first-order valence-electron chi connectivity index (χ1n) is 7.34. The van der Waals surface area contributed by atoms with Crippen LogP contribution < -0.4 is 5.32 Å². The minimum Gasteiger partial charge on any atom is -0.314 e. The van der Waals surface area contributed by atoms with Crippen molar-refractivity contribution >= 4 is 0 Å². The highest BCUT2D eigenvalue weighted by atomic mass is 15.2. The molecule has 0 heterocycles. The molecule has 2 nitrogen and oxygen atoms in total. The third-order valence-corrected chi connectivity index (χ3v) is 3.96. The minimum atomic E-state index is 0.355.